The van der Waals surface area contributed by atoms with E-state index in [4.69, 9.17) is 14.7 Å². The first-order chi connectivity index (χ1) is 20.5. The fourth-order valence-electron chi connectivity index (χ4n) is 7.10. The molecule has 1 aliphatic carbocycles. The Bertz CT molecular complexity index is 1600. The number of aromatic nitrogens is 6. The number of ether oxygens (including phenoxy) is 1. The molecule has 14 heteroatoms. The molecular formula is C29H33F5N8O. The van der Waals surface area contributed by atoms with Crippen LogP contribution in [0.25, 0.3) is 16.9 Å². The van der Waals surface area contributed by atoms with Gasteiger partial charge in [0.25, 0.3) is 5.78 Å². The number of anilines is 1. The minimum atomic E-state index is -4.47. The standard InChI is InChI=1S/C29H33F5N8O/c1-17-13-41(25-23-26(42-16-36-38-27(42)37-25)39(15-35-23)14-22-4-3-9-43-22)18(2)12-40(17)24(20-10-28(30,31)11-20)19-5-7-21(8-6-19)29(32,33)34/h5-8,15-18,20,22,24H,3-4,9-14H2,1-2H3/t17-,18+,22+,24?/m1/s1. The van der Waals surface area contributed by atoms with E-state index in [-0.39, 0.29) is 36.9 Å². The fraction of sp³-hybridized carbons (Fsp3) is 0.586. The van der Waals surface area contributed by atoms with Crippen molar-refractivity contribution in [2.45, 2.75) is 82.4 Å². The molecule has 1 saturated carbocycles. The van der Waals surface area contributed by atoms with Gasteiger partial charge in [-0.3, -0.25) is 4.90 Å². The van der Waals surface area contributed by atoms with Gasteiger partial charge in [0.1, 0.15) is 11.8 Å². The number of benzene rings is 1. The molecule has 4 atom stereocenters. The normalized spacial score (nSPS) is 25.9. The summed E-state index contributed by atoms with van der Waals surface area (Å²) in [5.41, 5.74) is 1.40. The molecule has 0 spiro atoms. The second-order valence-corrected chi connectivity index (χ2v) is 12.3. The van der Waals surface area contributed by atoms with Crippen LogP contribution in [0.1, 0.15) is 56.7 Å². The first-order valence-electron chi connectivity index (χ1n) is 14.7. The van der Waals surface area contributed by atoms with Gasteiger partial charge in [-0.25, -0.2) is 18.2 Å². The molecule has 7 rings (SSSR count). The molecule has 5 heterocycles. The predicted molar refractivity (Wildman–Crippen MR) is 148 cm³/mol. The first-order valence-corrected chi connectivity index (χ1v) is 14.7. The summed E-state index contributed by atoms with van der Waals surface area (Å²) in [6.45, 7) is 6.49. The highest BCUT2D eigenvalue weighted by molar-refractivity contribution is 5.86. The van der Waals surface area contributed by atoms with Crippen molar-refractivity contribution in [2.75, 3.05) is 24.6 Å². The molecule has 0 radical (unpaired) electrons. The Balaban J connectivity index is 1.20. The number of hydrogen-bond donors (Lipinski definition) is 0. The molecule has 0 bridgehead atoms. The number of fused-ring (bicyclic) bond motifs is 3. The van der Waals surface area contributed by atoms with Crippen molar-refractivity contribution in [3.05, 3.63) is 48.0 Å². The molecular weight excluding hydrogens is 571 g/mol. The van der Waals surface area contributed by atoms with Crippen LogP contribution in [0.4, 0.5) is 27.8 Å². The molecule has 4 aromatic rings. The minimum absolute atomic E-state index is 0.0990. The molecule has 3 aliphatic rings. The van der Waals surface area contributed by atoms with Gasteiger partial charge in [0, 0.05) is 50.7 Å². The van der Waals surface area contributed by atoms with Gasteiger partial charge in [0.05, 0.1) is 24.5 Å². The van der Waals surface area contributed by atoms with Gasteiger partial charge in [-0.1, -0.05) is 12.1 Å². The maximum atomic E-state index is 14.1. The first kappa shape index (κ1) is 28.4. The van der Waals surface area contributed by atoms with Gasteiger partial charge >= 0.3 is 6.18 Å². The van der Waals surface area contributed by atoms with Crippen molar-refractivity contribution in [1.82, 2.24) is 34.0 Å². The number of halogens is 5. The zero-order valence-electron chi connectivity index (χ0n) is 23.9. The van der Waals surface area contributed by atoms with E-state index in [1.165, 1.54) is 12.1 Å². The monoisotopic (exact) mass is 604 g/mol. The topological polar surface area (TPSA) is 76.6 Å². The van der Waals surface area contributed by atoms with E-state index in [9.17, 15) is 22.0 Å². The maximum Gasteiger partial charge on any atom is 0.416 e. The van der Waals surface area contributed by atoms with Crippen LogP contribution in [0.2, 0.25) is 0 Å². The zero-order valence-corrected chi connectivity index (χ0v) is 23.9. The molecule has 2 saturated heterocycles. The summed E-state index contributed by atoms with van der Waals surface area (Å²) in [5, 5.41) is 8.31. The van der Waals surface area contributed by atoms with E-state index >= 15 is 0 Å². The van der Waals surface area contributed by atoms with Gasteiger partial charge in [-0.15, -0.1) is 10.2 Å². The molecule has 9 nitrogen and oxygen atoms in total. The van der Waals surface area contributed by atoms with E-state index < -0.39 is 23.7 Å². The summed E-state index contributed by atoms with van der Waals surface area (Å²) >= 11 is 0. The Morgan fingerprint density at radius 1 is 1.05 bits per heavy atom. The Morgan fingerprint density at radius 3 is 2.49 bits per heavy atom. The molecule has 230 valence electrons. The van der Waals surface area contributed by atoms with Gasteiger partial charge in [0.2, 0.25) is 5.92 Å². The smallest absolute Gasteiger partial charge is 0.376 e. The lowest BCUT2D eigenvalue weighted by Crippen LogP contribution is -2.59. The lowest BCUT2D eigenvalue weighted by Gasteiger charge is -2.52. The minimum Gasteiger partial charge on any atom is -0.376 e. The summed E-state index contributed by atoms with van der Waals surface area (Å²) in [6.07, 6.45) is 0.482. The van der Waals surface area contributed by atoms with E-state index in [2.05, 4.69) is 24.6 Å². The number of alkyl halides is 5. The number of imidazole rings is 1. The Kier molecular flexibility index (Phi) is 6.84. The lowest BCUT2D eigenvalue weighted by atomic mass is 9.73. The highest BCUT2D eigenvalue weighted by Gasteiger charge is 2.51. The molecule has 1 unspecified atom stereocenters. The summed E-state index contributed by atoms with van der Waals surface area (Å²) in [5.74, 6) is -2.00. The van der Waals surface area contributed by atoms with Crippen LogP contribution in [0.5, 0.6) is 0 Å². The van der Waals surface area contributed by atoms with Gasteiger partial charge in [-0.2, -0.15) is 18.2 Å². The average molecular weight is 605 g/mol. The second-order valence-electron chi connectivity index (χ2n) is 12.3. The van der Waals surface area contributed by atoms with Crippen LogP contribution in [-0.4, -0.2) is 77.8 Å². The summed E-state index contributed by atoms with van der Waals surface area (Å²) in [6, 6.07) is 4.34. The van der Waals surface area contributed by atoms with Crippen LogP contribution in [0.15, 0.2) is 36.9 Å². The zero-order chi connectivity index (χ0) is 30.1. The summed E-state index contributed by atoms with van der Waals surface area (Å²) < 4.78 is 77.7. The number of nitrogens with zero attached hydrogens (tertiary/aromatic N) is 8. The molecule has 0 amide bonds. The van der Waals surface area contributed by atoms with Crippen molar-refractivity contribution < 1.29 is 26.7 Å². The Labute approximate surface area is 244 Å². The van der Waals surface area contributed by atoms with Crippen molar-refractivity contribution >= 4 is 22.8 Å². The Hall–Kier alpha value is -3.39. The third kappa shape index (κ3) is 5.11. The fourth-order valence-corrected chi connectivity index (χ4v) is 7.10. The maximum absolute atomic E-state index is 14.1. The van der Waals surface area contributed by atoms with E-state index in [0.717, 1.165) is 37.2 Å². The van der Waals surface area contributed by atoms with Crippen molar-refractivity contribution in [3.8, 4) is 0 Å². The quantitative estimate of drug-likeness (QED) is 0.275. The molecule has 3 fully saturated rings. The second kappa shape index (κ2) is 10.4. The lowest BCUT2D eigenvalue weighted by molar-refractivity contribution is -0.138. The SMILES string of the molecule is C[C@@H]1CN(c2nc3nncn3c3c2ncn3C[C@@H]2CCCO2)[C@@H](C)CN1C(c1ccc(C(F)(F)F)cc1)C1CC(F)(F)C1. The molecule has 2 aliphatic heterocycles. The van der Waals surface area contributed by atoms with E-state index in [1.807, 2.05) is 18.2 Å². The average Bonchev–Trinajstić information content (AvgIpc) is 3.71. The van der Waals surface area contributed by atoms with Gasteiger partial charge in [0.15, 0.2) is 11.5 Å². The van der Waals surface area contributed by atoms with Crippen LogP contribution >= 0.6 is 0 Å². The highest BCUT2D eigenvalue weighted by atomic mass is 19.4. The van der Waals surface area contributed by atoms with Crippen LogP contribution < -0.4 is 4.90 Å². The van der Waals surface area contributed by atoms with Crippen molar-refractivity contribution in [2.24, 2.45) is 5.92 Å². The van der Waals surface area contributed by atoms with Crippen molar-refractivity contribution in [3.63, 3.8) is 0 Å². The molecule has 1 aromatic carbocycles. The Morgan fingerprint density at radius 2 is 1.81 bits per heavy atom. The molecule has 0 N–H and O–H groups in total. The van der Waals surface area contributed by atoms with Crippen LogP contribution in [0, 0.1) is 5.92 Å². The highest BCUT2D eigenvalue weighted by Crippen LogP contribution is 2.51. The van der Waals surface area contributed by atoms with Crippen LogP contribution in [0.3, 0.4) is 0 Å². The van der Waals surface area contributed by atoms with Gasteiger partial charge in [-0.05, 0) is 50.3 Å². The third-order valence-corrected chi connectivity index (χ3v) is 9.22. The summed E-state index contributed by atoms with van der Waals surface area (Å²) in [4.78, 5) is 13.9. The van der Waals surface area contributed by atoms with E-state index in [0.29, 0.717) is 42.3 Å². The number of piperazine rings is 1. The number of rotatable bonds is 6. The molecule has 43 heavy (non-hydrogen) atoms. The van der Waals surface area contributed by atoms with Crippen LogP contribution in [-0.2, 0) is 17.5 Å². The van der Waals surface area contributed by atoms with Crippen molar-refractivity contribution in [1.29, 1.82) is 0 Å². The number of hydrogen-bond acceptors (Lipinski definition) is 7. The largest absolute Gasteiger partial charge is 0.416 e. The van der Waals surface area contributed by atoms with Gasteiger partial charge < -0.3 is 14.2 Å². The third-order valence-electron chi connectivity index (χ3n) is 9.22. The molecule has 3 aromatic heterocycles. The predicted octanol–water partition coefficient (Wildman–Crippen LogP) is 5.36. The van der Waals surface area contributed by atoms with E-state index in [1.54, 1.807) is 12.7 Å². The summed E-state index contributed by atoms with van der Waals surface area (Å²) in [7, 11) is 0.